The first-order chi connectivity index (χ1) is 18.9. The second-order valence-corrected chi connectivity index (χ2v) is 11.4. The highest BCUT2D eigenvalue weighted by atomic mass is 19.1. The Bertz CT molecular complexity index is 1390. The van der Waals surface area contributed by atoms with Crippen LogP contribution in [0.4, 0.5) is 14.9 Å². The lowest BCUT2D eigenvalue weighted by Gasteiger charge is -2.47. The van der Waals surface area contributed by atoms with Crippen molar-refractivity contribution in [2.75, 3.05) is 4.90 Å². The Kier molecular flexibility index (Phi) is 8.28. The molecule has 1 unspecified atom stereocenters. The first kappa shape index (κ1) is 28.8. The summed E-state index contributed by atoms with van der Waals surface area (Å²) in [7, 11) is 0. The van der Waals surface area contributed by atoms with E-state index in [2.05, 4.69) is 0 Å². The molecular formula is C32H37FN4O3. The van der Waals surface area contributed by atoms with Crippen LogP contribution in [0.15, 0.2) is 78.9 Å². The molecule has 1 saturated heterocycles. The zero-order valence-corrected chi connectivity index (χ0v) is 23.7. The van der Waals surface area contributed by atoms with Crippen LogP contribution in [0.25, 0.3) is 0 Å². The van der Waals surface area contributed by atoms with Crippen LogP contribution >= 0.6 is 0 Å². The quantitative estimate of drug-likeness (QED) is 0.421. The van der Waals surface area contributed by atoms with Gasteiger partial charge in [-0.15, -0.1) is 0 Å². The molecule has 8 heteroatoms. The lowest BCUT2D eigenvalue weighted by molar-refractivity contribution is -0.181. The fraction of sp³-hybridized carbons (Fsp3) is 0.344. The van der Waals surface area contributed by atoms with E-state index in [0.29, 0.717) is 17.7 Å². The van der Waals surface area contributed by atoms with E-state index in [4.69, 9.17) is 5.73 Å². The highest BCUT2D eigenvalue weighted by Gasteiger charge is 2.47. The Balaban J connectivity index is 1.98. The van der Waals surface area contributed by atoms with Gasteiger partial charge in [-0.2, -0.15) is 0 Å². The molecule has 7 nitrogen and oxygen atoms in total. The third-order valence-electron chi connectivity index (χ3n) is 7.30. The smallest absolute Gasteiger partial charge is 0.320 e. The van der Waals surface area contributed by atoms with Crippen molar-refractivity contribution in [2.24, 2.45) is 5.73 Å². The van der Waals surface area contributed by atoms with Crippen molar-refractivity contribution in [3.8, 4) is 0 Å². The third kappa shape index (κ3) is 6.01. The van der Waals surface area contributed by atoms with Crippen molar-refractivity contribution in [1.29, 1.82) is 0 Å². The number of nitrogens with two attached hydrogens (primary N) is 1. The van der Waals surface area contributed by atoms with Crippen molar-refractivity contribution in [2.45, 2.75) is 71.0 Å². The number of halogens is 1. The van der Waals surface area contributed by atoms with Crippen LogP contribution < -0.4 is 10.6 Å². The van der Waals surface area contributed by atoms with Gasteiger partial charge in [-0.1, -0.05) is 54.6 Å². The lowest BCUT2D eigenvalue weighted by Crippen LogP contribution is -2.62. The summed E-state index contributed by atoms with van der Waals surface area (Å²) in [5, 5.41) is 2.87. The van der Waals surface area contributed by atoms with Crippen molar-refractivity contribution in [1.82, 2.24) is 10.0 Å². The van der Waals surface area contributed by atoms with Crippen LogP contribution in [0.3, 0.4) is 0 Å². The van der Waals surface area contributed by atoms with Gasteiger partial charge in [0.25, 0.3) is 5.91 Å². The number of hydrogen-bond acceptors (Lipinski definition) is 3. The molecule has 3 aromatic carbocycles. The Hall–Kier alpha value is -4.20. The molecular weight excluding hydrogens is 507 g/mol. The predicted octanol–water partition coefficient (Wildman–Crippen LogP) is 6.10. The van der Waals surface area contributed by atoms with Gasteiger partial charge >= 0.3 is 6.03 Å². The van der Waals surface area contributed by atoms with Crippen LogP contribution in [0, 0.1) is 12.7 Å². The molecule has 0 saturated carbocycles. The maximum atomic E-state index is 14.8. The molecule has 3 atom stereocenters. The molecule has 2 N–H and O–H groups in total. The minimum absolute atomic E-state index is 0.214. The number of urea groups is 1. The number of benzene rings is 3. The molecule has 40 heavy (non-hydrogen) atoms. The second kappa shape index (κ2) is 11.5. The van der Waals surface area contributed by atoms with Gasteiger partial charge in [0.15, 0.2) is 0 Å². The predicted molar refractivity (Wildman–Crippen MR) is 154 cm³/mol. The van der Waals surface area contributed by atoms with Crippen LogP contribution in [0.1, 0.15) is 69.2 Å². The zero-order chi connectivity index (χ0) is 29.2. The SMILES string of the molecule is CC(=O)N(N1C(=O)[C@H](N(C(N)=O)c2cccc(C)c2)C[C@H](c2ccccc2)CC1c1cccc(F)c1)C(C)(C)C. The number of carbonyl (C=O) groups is 3. The number of amides is 4. The summed E-state index contributed by atoms with van der Waals surface area (Å²) in [6, 6.07) is 20.6. The Labute approximate surface area is 235 Å². The first-order valence-electron chi connectivity index (χ1n) is 13.5. The van der Waals surface area contributed by atoms with Crippen molar-refractivity contribution in [3.05, 3.63) is 101 Å². The Morgan fingerprint density at radius 3 is 2.15 bits per heavy atom. The van der Waals surface area contributed by atoms with Crippen molar-refractivity contribution >= 4 is 23.5 Å². The molecule has 1 aliphatic rings. The van der Waals surface area contributed by atoms with Gasteiger partial charge in [-0.05, 0) is 87.4 Å². The van der Waals surface area contributed by atoms with E-state index >= 15 is 0 Å². The molecule has 1 heterocycles. The topological polar surface area (TPSA) is 87.0 Å². The van der Waals surface area contributed by atoms with Gasteiger partial charge in [0, 0.05) is 12.6 Å². The molecule has 4 amide bonds. The summed E-state index contributed by atoms with van der Waals surface area (Å²) in [5.74, 6) is -1.46. The maximum Gasteiger partial charge on any atom is 0.320 e. The highest BCUT2D eigenvalue weighted by Crippen LogP contribution is 2.43. The monoisotopic (exact) mass is 544 g/mol. The van der Waals surface area contributed by atoms with Crippen molar-refractivity contribution < 1.29 is 18.8 Å². The first-order valence-corrected chi connectivity index (χ1v) is 13.5. The molecule has 1 aliphatic heterocycles. The minimum atomic E-state index is -1.02. The highest BCUT2D eigenvalue weighted by molar-refractivity contribution is 6.00. The van der Waals surface area contributed by atoms with Crippen LogP contribution in [-0.4, -0.2) is 39.4 Å². The summed E-state index contributed by atoms with van der Waals surface area (Å²) in [6.07, 6.45) is 0.661. The summed E-state index contributed by atoms with van der Waals surface area (Å²) in [4.78, 5) is 42.4. The standard InChI is InChI=1S/C32H37FN4O3/c1-21-11-9-16-27(17-21)35(31(34)40)29-20-25(23-12-7-6-8-13-23)19-28(24-14-10-15-26(33)18-24)36(30(29)39)37(22(2)38)32(3,4)5/h6-18,25,28-29H,19-20H2,1-5H3,(H2,34,40)/t25-,28?,29-/m1/s1. The van der Waals surface area contributed by atoms with Crippen LogP contribution in [0.2, 0.25) is 0 Å². The number of rotatable bonds is 5. The largest absolute Gasteiger partial charge is 0.351 e. The maximum absolute atomic E-state index is 14.8. The number of nitrogens with zero attached hydrogens (tertiary/aromatic N) is 3. The van der Waals surface area contributed by atoms with Crippen LogP contribution in [-0.2, 0) is 9.59 Å². The number of primary amides is 1. The van der Waals surface area contributed by atoms with Gasteiger partial charge in [-0.25, -0.2) is 19.2 Å². The summed E-state index contributed by atoms with van der Waals surface area (Å²) in [5.41, 5.74) is 8.10. The molecule has 0 bridgehead atoms. The van der Waals surface area contributed by atoms with E-state index in [1.807, 2.05) is 64.1 Å². The van der Waals surface area contributed by atoms with Gasteiger partial charge < -0.3 is 5.73 Å². The number of anilines is 1. The van der Waals surface area contributed by atoms with Crippen LogP contribution in [0.5, 0.6) is 0 Å². The van der Waals surface area contributed by atoms with E-state index in [1.165, 1.54) is 34.0 Å². The summed E-state index contributed by atoms with van der Waals surface area (Å²) in [6.45, 7) is 8.82. The average Bonchev–Trinajstić information content (AvgIpc) is 3.01. The van der Waals surface area contributed by atoms with E-state index in [9.17, 15) is 18.8 Å². The third-order valence-corrected chi connectivity index (χ3v) is 7.30. The molecule has 0 aliphatic carbocycles. The number of hydrazine groups is 1. The summed E-state index contributed by atoms with van der Waals surface area (Å²) < 4.78 is 14.6. The minimum Gasteiger partial charge on any atom is -0.351 e. The Morgan fingerprint density at radius 2 is 1.57 bits per heavy atom. The summed E-state index contributed by atoms with van der Waals surface area (Å²) >= 11 is 0. The van der Waals surface area contributed by atoms with Gasteiger partial charge in [0.1, 0.15) is 11.9 Å². The zero-order valence-electron chi connectivity index (χ0n) is 23.7. The van der Waals surface area contributed by atoms with Gasteiger partial charge in [-0.3, -0.25) is 14.5 Å². The molecule has 4 rings (SSSR count). The molecule has 0 aromatic heterocycles. The fourth-order valence-corrected chi connectivity index (χ4v) is 5.77. The van der Waals surface area contributed by atoms with E-state index in [1.54, 1.807) is 30.3 Å². The van der Waals surface area contributed by atoms with E-state index in [-0.39, 0.29) is 18.2 Å². The molecule has 3 aromatic rings. The molecule has 210 valence electrons. The van der Waals surface area contributed by atoms with Gasteiger partial charge in [0.2, 0.25) is 5.91 Å². The van der Waals surface area contributed by atoms with Crippen molar-refractivity contribution in [3.63, 3.8) is 0 Å². The second-order valence-electron chi connectivity index (χ2n) is 11.4. The molecule has 0 radical (unpaired) electrons. The fourth-order valence-electron chi connectivity index (χ4n) is 5.77. The van der Waals surface area contributed by atoms with E-state index < -0.39 is 35.4 Å². The average molecular weight is 545 g/mol. The number of hydrogen-bond donors (Lipinski definition) is 1. The molecule has 1 fully saturated rings. The molecule has 0 spiro atoms. The van der Waals surface area contributed by atoms with E-state index in [0.717, 1.165) is 11.1 Å². The normalized spacial score (nSPS) is 19.6. The lowest BCUT2D eigenvalue weighted by atomic mass is 9.86. The number of aryl methyl sites for hydroxylation is 1. The Morgan fingerprint density at radius 1 is 0.925 bits per heavy atom. The number of carbonyl (C=O) groups excluding carboxylic acids is 3. The van der Waals surface area contributed by atoms with Gasteiger partial charge in [0.05, 0.1) is 11.6 Å².